The van der Waals surface area contributed by atoms with Gasteiger partial charge in [0.2, 0.25) is 0 Å². The largest absolute Gasteiger partial charge is 0.496 e. The first kappa shape index (κ1) is 17.3. The van der Waals surface area contributed by atoms with E-state index in [-0.39, 0.29) is 19.4 Å². The Kier molecular flexibility index (Phi) is 6.48. The van der Waals surface area contributed by atoms with Crippen LogP contribution >= 0.6 is 0 Å². The second kappa shape index (κ2) is 7.87. The highest BCUT2D eigenvalue weighted by atomic mass is 19.4. The monoisotopic (exact) mass is 306 g/mol. The number of ether oxygens (including phenoxy) is 2. The van der Waals surface area contributed by atoms with E-state index in [2.05, 4.69) is 4.74 Å². The van der Waals surface area contributed by atoms with Gasteiger partial charge in [0.1, 0.15) is 12.4 Å². The Balaban J connectivity index is 2.56. The van der Waals surface area contributed by atoms with Crippen LogP contribution in [0, 0.1) is 5.92 Å². The number of carboxylic acid groups (broad SMARTS) is 1. The summed E-state index contributed by atoms with van der Waals surface area (Å²) in [5, 5.41) is 9.14. The van der Waals surface area contributed by atoms with Gasteiger partial charge in [0.25, 0.3) is 0 Å². The van der Waals surface area contributed by atoms with Crippen molar-refractivity contribution in [3.63, 3.8) is 0 Å². The molecule has 118 valence electrons. The van der Waals surface area contributed by atoms with Crippen molar-refractivity contribution in [1.29, 1.82) is 0 Å². The van der Waals surface area contributed by atoms with E-state index in [1.807, 2.05) is 0 Å². The number of hydrogen-bond acceptors (Lipinski definition) is 3. The molecule has 0 fully saturated rings. The number of rotatable bonds is 8. The predicted octanol–water partition coefficient (Wildman–Crippen LogP) is 2.91. The van der Waals surface area contributed by atoms with Crippen molar-refractivity contribution >= 4 is 5.97 Å². The number of para-hydroxylation sites is 1. The zero-order chi connectivity index (χ0) is 15.9. The Hall–Kier alpha value is -1.76. The van der Waals surface area contributed by atoms with Crippen LogP contribution in [0.5, 0.6) is 5.75 Å². The summed E-state index contributed by atoms with van der Waals surface area (Å²) in [5.74, 6) is -1.34. The van der Waals surface area contributed by atoms with Crippen molar-refractivity contribution in [3.8, 4) is 5.75 Å². The van der Waals surface area contributed by atoms with Crippen molar-refractivity contribution < 1.29 is 32.5 Å². The SMILES string of the molecule is COc1ccccc1CC(CCOCC(F)(F)F)C(=O)O. The number of halogens is 3. The molecular formula is C14H17F3O4. The molecule has 0 radical (unpaired) electrons. The second-order valence-electron chi connectivity index (χ2n) is 4.51. The standard InChI is InChI=1S/C14H17F3O4/c1-20-12-5-3-2-4-10(12)8-11(13(18)19)6-7-21-9-14(15,16)17/h2-5,11H,6-9H2,1H3,(H,18,19). The molecule has 1 unspecified atom stereocenters. The molecule has 1 rings (SSSR count). The van der Waals surface area contributed by atoms with Crippen LogP contribution in [-0.4, -0.2) is 37.6 Å². The third-order valence-corrected chi connectivity index (χ3v) is 2.88. The molecule has 1 N–H and O–H groups in total. The smallest absolute Gasteiger partial charge is 0.411 e. The van der Waals surface area contributed by atoms with Gasteiger partial charge in [0, 0.05) is 6.61 Å². The Labute approximate surface area is 120 Å². The van der Waals surface area contributed by atoms with Crippen LogP contribution in [0.4, 0.5) is 13.2 Å². The summed E-state index contributed by atoms with van der Waals surface area (Å²) in [7, 11) is 1.47. The van der Waals surface area contributed by atoms with E-state index in [0.717, 1.165) is 0 Å². The molecule has 1 aromatic rings. The van der Waals surface area contributed by atoms with Gasteiger partial charge in [-0.1, -0.05) is 18.2 Å². The summed E-state index contributed by atoms with van der Waals surface area (Å²) in [6.45, 7) is -1.63. The van der Waals surface area contributed by atoms with E-state index in [1.54, 1.807) is 24.3 Å². The van der Waals surface area contributed by atoms with Gasteiger partial charge < -0.3 is 14.6 Å². The Morgan fingerprint density at radius 1 is 1.33 bits per heavy atom. The summed E-state index contributed by atoms with van der Waals surface area (Å²) in [6, 6.07) is 6.93. The summed E-state index contributed by atoms with van der Waals surface area (Å²) in [6.07, 6.45) is -4.22. The number of alkyl halides is 3. The normalized spacial score (nSPS) is 13.0. The lowest BCUT2D eigenvalue weighted by atomic mass is 9.96. The molecule has 21 heavy (non-hydrogen) atoms. The average Bonchev–Trinajstić information content (AvgIpc) is 2.41. The number of benzene rings is 1. The van der Waals surface area contributed by atoms with Crippen LogP contribution in [0.1, 0.15) is 12.0 Å². The molecule has 0 amide bonds. The van der Waals surface area contributed by atoms with Crippen LogP contribution in [0.25, 0.3) is 0 Å². The fraction of sp³-hybridized carbons (Fsp3) is 0.500. The van der Waals surface area contributed by atoms with Crippen molar-refractivity contribution in [2.24, 2.45) is 5.92 Å². The predicted molar refractivity (Wildman–Crippen MR) is 69.3 cm³/mol. The Morgan fingerprint density at radius 3 is 2.57 bits per heavy atom. The third kappa shape index (κ3) is 6.48. The first-order valence-electron chi connectivity index (χ1n) is 6.32. The molecule has 0 spiro atoms. The van der Waals surface area contributed by atoms with Crippen LogP contribution in [0.3, 0.4) is 0 Å². The van der Waals surface area contributed by atoms with Gasteiger partial charge >= 0.3 is 12.1 Å². The van der Waals surface area contributed by atoms with Gasteiger partial charge in [-0.25, -0.2) is 0 Å². The highest BCUT2D eigenvalue weighted by Crippen LogP contribution is 2.23. The molecule has 0 saturated carbocycles. The van der Waals surface area contributed by atoms with Crippen LogP contribution in [0.15, 0.2) is 24.3 Å². The van der Waals surface area contributed by atoms with E-state index < -0.39 is 24.7 Å². The number of carbonyl (C=O) groups is 1. The summed E-state index contributed by atoms with van der Waals surface area (Å²) >= 11 is 0. The van der Waals surface area contributed by atoms with Crippen LogP contribution in [-0.2, 0) is 16.0 Å². The molecule has 1 atom stereocenters. The molecule has 0 aliphatic rings. The molecule has 7 heteroatoms. The summed E-state index contributed by atoms with van der Waals surface area (Å²) in [5.41, 5.74) is 0.697. The van der Waals surface area contributed by atoms with Crippen molar-refractivity contribution in [1.82, 2.24) is 0 Å². The first-order valence-corrected chi connectivity index (χ1v) is 6.32. The molecule has 0 saturated heterocycles. The van der Waals surface area contributed by atoms with Gasteiger partial charge in [-0.15, -0.1) is 0 Å². The van der Waals surface area contributed by atoms with E-state index in [0.29, 0.717) is 11.3 Å². The quantitative estimate of drug-likeness (QED) is 0.750. The zero-order valence-electron chi connectivity index (χ0n) is 11.5. The van der Waals surface area contributed by atoms with Gasteiger partial charge in [-0.3, -0.25) is 4.79 Å². The first-order chi connectivity index (χ1) is 9.83. The topological polar surface area (TPSA) is 55.8 Å². The van der Waals surface area contributed by atoms with Crippen molar-refractivity contribution in [2.75, 3.05) is 20.3 Å². The molecular weight excluding hydrogens is 289 g/mol. The number of methoxy groups -OCH3 is 1. The maximum absolute atomic E-state index is 11.9. The van der Waals surface area contributed by atoms with Crippen molar-refractivity contribution in [3.05, 3.63) is 29.8 Å². The minimum absolute atomic E-state index is 0.00343. The third-order valence-electron chi connectivity index (χ3n) is 2.88. The maximum Gasteiger partial charge on any atom is 0.411 e. The van der Waals surface area contributed by atoms with Crippen LogP contribution in [0.2, 0.25) is 0 Å². The van der Waals surface area contributed by atoms with Crippen LogP contribution < -0.4 is 4.74 Å². The fourth-order valence-electron chi connectivity index (χ4n) is 1.86. The molecule has 1 aromatic carbocycles. The molecule has 0 aliphatic carbocycles. The highest BCUT2D eigenvalue weighted by molar-refractivity contribution is 5.70. The lowest BCUT2D eigenvalue weighted by molar-refractivity contribution is -0.175. The average molecular weight is 306 g/mol. The minimum atomic E-state index is -4.40. The van der Waals surface area contributed by atoms with Gasteiger partial charge in [0.05, 0.1) is 13.0 Å². The molecule has 0 heterocycles. The zero-order valence-corrected chi connectivity index (χ0v) is 11.5. The second-order valence-corrected chi connectivity index (χ2v) is 4.51. The highest BCUT2D eigenvalue weighted by Gasteiger charge is 2.28. The molecule has 0 bridgehead atoms. The lowest BCUT2D eigenvalue weighted by Gasteiger charge is -2.15. The maximum atomic E-state index is 11.9. The van der Waals surface area contributed by atoms with E-state index in [9.17, 15) is 18.0 Å². The van der Waals surface area contributed by atoms with Gasteiger partial charge in [-0.05, 0) is 24.5 Å². The molecule has 4 nitrogen and oxygen atoms in total. The van der Waals surface area contributed by atoms with E-state index in [1.165, 1.54) is 7.11 Å². The fourth-order valence-corrected chi connectivity index (χ4v) is 1.86. The number of hydrogen-bond donors (Lipinski definition) is 1. The molecule has 0 aliphatic heterocycles. The van der Waals surface area contributed by atoms with E-state index in [4.69, 9.17) is 9.84 Å². The lowest BCUT2D eigenvalue weighted by Crippen LogP contribution is -2.22. The van der Waals surface area contributed by atoms with E-state index >= 15 is 0 Å². The van der Waals surface area contributed by atoms with Gasteiger partial charge in [-0.2, -0.15) is 13.2 Å². The Bertz CT molecular complexity index is 460. The Morgan fingerprint density at radius 2 is 2.00 bits per heavy atom. The summed E-state index contributed by atoms with van der Waals surface area (Å²) < 4.78 is 45.4. The number of aliphatic carboxylic acids is 1. The van der Waals surface area contributed by atoms with Gasteiger partial charge in [0.15, 0.2) is 0 Å². The minimum Gasteiger partial charge on any atom is -0.496 e. The van der Waals surface area contributed by atoms with Crippen molar-refractivity contribution in [2.45, 2.75) is 19.0 Å². The summed E-state index contributed by atoms with van der Waals surface area (Å²) in [4.78, 5) is 11.2. The number of carboxylic acids is 1. The molecule has 0 aromatic heterocycles.